The minimum atomic E-state index is -0.493. The van der Waals surface area contributed by atoms with Crippen LogP contribution >= 0.6 is 0 Å². The van der Waals surface area contributed by atoms with Gasteiger partial charge in [-0.25, -0.2) is 4.39 Å². The van der Waals surface area contributed by atoms with Crippen LogP contribution in [0.2, 0.25) is 0 Å². The first-order valence-corrected chi connectivity index (χ1v) is 13.4. The molecule has 0 atom stereocenters. The average Bonchev–Trinajstić information content (AvgIpc) is 3.68. The van der Waals surface area contributed by atoms with E-state index in [1.54, 1.807) is 12.3 Å². The van der Waals surface area contributed by atoms with Crippen LogP contribution < -0.4 is 20.1 Å². The molecule has 208 valence electrons. The molecule has 0 spiro atoms. The zero-order valence-corrected chi connectivity index (χ0v) is 22.6. The zero-order valence-electron chi connectivity index (χ0n) is 22.6. The molecule has 10 heteroatoms. The first-order valence-electron chi connectivity index (χ1n) is 13.4. The summed E-state index contributed by atoms with van der Waals surface area (Å²) in [7, 11) is 2.92. The topological polar surface area (TPSA) is 115 Å². The molecule has 2 amide bonds. The van der Waals surface area contributed by atoms with E-state index in [2.05, 4.69) is 20.6 Å². The molecule has 3 aromatic rings. The fourth-order valence-electron chi connectivity index (χ4n) is 5.26. The molecule has 2 aliphatic rings. The molecule has 0 radical (unpaired) electrons. The third-order valence-corrected chi connectivity index (χ3v) is 7.52. The molecule has 9 nitrogen and oxygen atoms in total. The molecule has 2 aliphatic carbocycles. The standard InChI is InChI=1S/C29H35FN4O5/c1-16-26(29(36)34-19-8-6-18(7-9-19)33-25(35)15-37-2)28-27(32-16)20(10-11-31-28)21-12-24(38-3)22(30)13-23(21)39-14-17-4-5-17/h10-13,17-19,32H,4-9,14-15H2,1-3H3,(H,33,35)(H,34,36)/t18-,19+. The number of halogens is 1. The van der Waals surface area contributed by atoms with Crippen molar-refractivity contribution < 1.29 is 28.2 Å². The lowest BCUT2D eigenvalue weighted by Crippen LogP contribution is -2.44. The maximum absolute atomic E-state index is 14.6. The van der Waals surface area contributed by atoms with Crippen LogP contribution in [0.4, 0.5) is 4.39 Å². The third-order valence-electron chi connectivity index (χ3n) is 7.52. The van der Waals surface area contributed by atoms with Crippen LogP contribution in [0.25, 0.3) is 22.2 Å². The highest BCUT2D eigenvalue weighted by Gasteiger charge is 2.28. The summed E-state index contributed by atoms with van der Waals surface area (Å²) < 4.78 is 30.8. The Labute approximate surface area is 226 Å². The van der Waals surface area contributed by atoms with Gasteiger partial charge in [-0.1, -0.05) is 0 Å². The van der Waals surface area contributed by atoms with Crippen molar-refractivity contribution in [2.45, 2.75) is 57.5 Å². The summed E-state index contributed by atoms with van der Waals surface area (Å²) in [5.41, 5.74) is 3.81. The minimum Gasteiger partial charge on any atom is -0.494 e. The molecule has 0 saturated heterocycles. The number of carbonyl (C=O) groups is 2. The van der Waals surface area contributed by atoms with Crippen molar-refractivity contribution in [1.29, 1.82) is 0 Å². The largest absolute Gasteiger partial charge is 0.494 e. The highest BCUT2D eigenvalue weighted by Crippen LogP contribution is 2.40. The quantitative estimate of drug-likeness (QED) is 0.355. The van der Waals surface area contributed by atoms with Crippen LogP contribution in [0.5, 0.6) is 11.5 Å². The van der Waals surface area contributed by atoms with Gasteiger partial charge >= 0.3 is 0 Å². The summed E-state index contributed by atoms with van der Waals surface area (Å²) in [4.78, 5) is 33.1. The molecule has 3 N–H and O–H groups in total. The van der Waals surface area contributed by atoms with Gasteiger partial charge in [-0.2, -0.15) is 0 Å². The number of nitrogens with zero attached hydrogens (tertiary/aromatic N) is 1. The number of fused-ring (bicyclic) bond motifs is 1. The fraction of sp³-hybridized carbons (Fsp3) is 0.483. The van der Waals surface area contributed by atoms with E-state index in [0.717, 1.165) is 44.1 Å². The van der Waals surface area contributed by atoms with Gasteiger partial charge in [0.2, 0.25) is 5.91 Å². The van der Waals surface area contributed by atoms with Gasteiger partial charge in [0.25, 0.3) is 5.91 Å². The van der Waals surface area contributed by atoms with Crippen LogP contribution in [0.1, 0.15) is 54.6 Å². The summed E-state index contributed by atoms with van der Waals surface area (Å²) >= 11 is 0. The number of benzene rings is 1. The van der Waals surface area contributed by atoms with E-state index in [0.29, 0.717) is 46.1 Å². The molecule has 0 bridgehead atoms. The van der Waals surface area contributed by atoms with E-state index in [4.69, 9.17) is 14.2 Å². The smallest absolute Gasteiger partial charge is 0.255 e. The molecule has 0 aliphatic heterocycles. The van der Waals surface area contributed by atoms with E-state index in [1.807, 2.05) is 13.0 Å². The second kappa shape index (κ2) is 11.6. The van der Waals surface area contributed by atoms with E-state index < -0.39 is 5.82 Å². The fourth-order valence-corrected chi connectivity index (χ4v) is 5.26. The van der Waals surface area contributed by atoms with Crippen molar-refractivity contribution in [3.05, 3.63) is 41.5 Å². The van der Waals surface area contributed by atoms with E-state index in [1.165, 1.54) is 20.3 Å². The number of hydrogen-bond donors (Lipinski definition) is 3. The van der Waals surface area contributed by atoms with Gasteiger partial charge < -0.3 is 29.8 Å². The predicted octanol–water partition coefficient (Wildman–Crippen LogP) is 4.28. The molecule has 0 unspecified atom stereocenters. The summed E-state index contributed by atoms with van der Waals surface area (Å²) in [5, 5.41) is 6.14. The number of rotatable bonds is 10. The number of methoxy groups -OCH3 is 2. The second-order valence-corrected chi connectivity index (χ2v) is 10.5. The van der Waals surface area contributed by atoms with E-state index in [9.17, 15) is 14.0 Å². The lowest BCUT2D eigenvalue weighted by Gasteiger charge is -2.29. The lowest BCUT2D eigenvalue weighted by molar-refractivity contribution is -0.125. The summed E-state index contributed by atoms with van der Waals surface area (Å²) in [6.45, 7) is 2.42. The van der Waals surface area contributed by atoms with Crippen molar-refractivity contribution in [1.82, 2.24) is 20.6 Å². The molecule has 2 saturated carbocycles. The summed E-state index contributed by atoms with van der Waals surface area (Å²) in [6, 6.07) is 4.91. The first kappa shape index (κ1) is 26.9. The normalized spacial score (nSPS) is 19.1. The van der Waals surface area contributed by atoms with Crippen molar-refractivity contribution in [2.75, 3.05) is 27.4 Å². The molecule has 5 rings (SSSR count). The zero-order chi connectivity index (χ0) is 27.5. The Balaban J connectivity index is 1.37. The molecule has 1 aromatic carbocycles. The monoisotopic (exact) mass is 538 g/mol. The van der Waals surface area contributed by atoms with Gasteiger partial charge in [0.05, 0.1) is 24.8 Å². The molecule has 39 heavy (non-hydrogen) atoms. The number of nitrogens with one attached hydrogen (secondary N) is 3. The summed E-state index contributed by atoms with van der Waals surface area (Å²) in [5.74, 6) is 0.232. The number of aryl methyl sites for hydroxylation is 1. The Morgan fingerprint density at radius 3 is 2.41 bits per heavy atom. The van der Waals surface area contributed by atoms with Crippen molar-refractivity contribution in [3.63, 3.8) is 0 Å². The third kappa shape index (κ3) is 6.00. The van der Waals surface area contributed by atoms with Gasteiger partial charge in [0, 0.05) is 48.3 Å². The number of H-pyrrole nitrogens is 1. The van der Waals surface area contributed by atoms with Crippen molar-refractivity contribution in [3.8, 4) is 22.6 Å². The van der Waals surface area contributed by atoms with E-state index in [-0.39, 0.29) is 36.3 Å². The SMILES string of the molecule is COCC(=O)N[C@H]1CC[C@@H](NC(=O)c2c(C)[nH]c3c(-c4cc(OC)c(F)cc4OCC4CC4)ccnc23)CC1. The number of carbonyl (C=O) groups excluding carboxylic acids is 2. The molecule has 2 heterocycles. The second-order valence-electron chi connectivity index (χ2n) is 10.5. The molecule has 2 fully saturated rings. The Morgan fingerprint density at radius 2 is 1.74 bits per heavy atom. The molecular formula is C29H35FN4O5. The number of ether oxygens (including phenoxy) is 3. The molecular weight excluding hydrogens is 503 g/mol. The van der Waals surface area contributed by atoms with Crippen LogP contribution in [-0.4, -0.2) is 61.3 Å². The van der Waals surface area contributed by atoms with Crippen LogP contribution in [-0.2, 0) is 9.53 Å². The number of hydrogen-bond acceptors (Lipinski definition) is 6. The van der Waals surface area contributed by atoms with Crippen LogP contribution in [0.15, 0.2) is 24.4 Å². The van der Waals surface area contributed by atoms with Gasteiger partial charge in [0.15, 0.2) is 11.6 Å². The summed E-state index contributed by atoms with van der Waals surface area (Å²) in [6.07, 6.45) is 6.98. The Morgan fingerprint density at radius 1 is 1.03 bits per heavy atom. The van der Waals surface area contributed by atoms with Crippen molar-refractivity contribution >= 4 is 22.8 Å². The van der Waals surface area contributed by atoms with Crippen molar-refractivity contribution in [2.24, 2.45) is 5.92 Å². The number of pyridine rings is 1. The maximum atomic E-state index is 14.6. The van der Waals surface area contributed by atoms with Gasteiger partial charge in [0.1, 0.15) is 17.9 Å². The molecule has 2 aromatic heterocycles. The minimum absolute atomic E-state index is 0.00407. The Kier molecular flexibility index (Phi) is 8.02. The number of amides is 2. The average molecular weight is 539 g/mol. The maximum Gasteiger partial charge on any atom is 0.255 e. The Bertz CT molecular complexity index is 1360. The van der Waals surface area contributed by atoms with Crippen LogP contribution in [0, 0.1) is 18.7 Å². The highest BCUT2D eigenvalue weighted by molar-refractivity contribution is 6.09. The van der Waals surface area contributed by atoms with Gasteiger partial charge in [-0.3, -0.25) is 14.6 Å². The van der Waals surface area contributed by atoms with Gasteiger partial charge in [-0.15, -0.1) is 0 Å². The highest BCUT2D eigenvalue weighted by atomic mass is 19.1. The predicted molar refractivity (Wildman–Crippen MR) is 145 cm³/mol. The van der Waals surface area contributed by atoms with E-state index >= 15 is 0 Å². The lowest BCUT2D eigenvalue weighted by atomic mass is 9.91. The first-order chi connectivity index (χ1) is 18.9. The Hall–Kier alpha value is -3.66. The van der Waals surface area contributed by atoms with Gasteiger partial charge in [-0.05, 0) is 63.5 Å². The number of aromatic nitrogens is 2. The number of aromatic amines is 1. The van der Waals surface area contributed by atoms with Crippen LogP contribution in [0.3, 0.4) is 0 Å².